The lowest BCUT2D eigenvalue weighted by molar-refractivity contribution is -0.384. The molecule has 1 N–H and O–H groups in total. The molecule has 7 heteroatoms. The molecule has 0 bridgehead atoms. The van der Waals surface area contributed by atoms with E-state index in [9.17, 15) is 15.2 Å². The molecule has 1 heterocycles. The van der Waals surface area contributed by atoms with Crippen LogP contribution < -0.4 is 4.90 Å². The van der Waals surface area contributed by atoms with E-state index < -0.39 is 10.5 Å². The minimum atomic E-state index is -0.728. The number of hydrogen-bond donors (Lipinski definition) is 1. The molecule has 1 saturated heterocycles. The fourth-order valence-corrected chi connectivity index (χ4v) is 2.77. The maximum absolute atomic E-state index is 11.1. The van der Waals surface area contributed by atoms with Crippen molar-refractivity contribution in [2.75, 3.05) is 37.6 Å². The number of β-amino-alcohol motifs (C(OH)–C–C–N with tert-alkyl or cyclic N) is 1. The van der Waals surface area contributed by atoms with E-state index in [0.29, 0.717) is 30.3 Å². The van der Waals surface area contributed by atoms with Crippen molar-refractivity contribution in [1.29, 1.82) is 0 Å². The summed E-state index contributed by atoms with van der Waals surface area (Å²) in [5, 5.41) is 21.4. The van der Waals surface area contributed by atoms with Gasteiger partial charge in [0.2, 0.25) is 0 Å². The highest BCUT2D eigenvalue weighted by atomic mass is 35.5. The Hall–Kier alpha value is -1.37. The van der Waals surface area contributed by atoms with E-state index in [4.69, 9.17) is 11.6 Å². The van der Waals surface area contributed by atoms with Crippen LogP contribution in [0.25, 0.3) is 0 Å². The predicted octanol–water partition coefficient (Wildman–Crippen LogP) is 2.14. The van der Waals surface area contributed by atoms with Crippen LogP contribution in [-0.4, -0.2) is 53.3 Å². The second kappa shape index (κ2) is 6.17. The van der Waals surface area contributed by atoms with E-state index in [1.807, 2.05) is 4.90 Å². The van der Waals surface area contributed by atoms with Gasteiger partial charge >= 0.3 is 0 Å². The second-order valence-electron chi connectivity index (χ2n) is 5.97. The third-order valence-corrected chi connectivity index (χ3v) is 3.69. The molecule has 0 aliphatic carbocycles. The highest BCUT2D eigenvalue weighted by Gasteiger charge is 2.26. The summed E-state index contributed by atoms with van der Waals surface area (Å²) < 4.78 is 0. The number of nitro benzene ring substituents is 1. The second-order valence-corrected chi connectivity index (χ2v) is 6.40. The fraction of sp³-hybridized carbons (Fsp3) is 0.571. The van der Waals surface area contributed by atoms with Crippen LogP contribution in [0, 0.1) is 10.1 Å². The monoisotopic (exact) mass is 313 g/mol. The minimum absolute atomic E-state index is 0.0402. The molecule has 0 unspecified atom stereocenters. The van der Waals surface area contributed by atoms with Gasteiger partial charge in [-0.15, -0.1) is 0 Å². The number of nitro groups is 1. The molecular formula is C14H20ClN3O3. The van der Waals surface area contributed by atoms with Crippen LogP contribution in [0.4, 0.5) is 11.4 Å². The average Bonchev–Trinajstić information content (AvgIpc) is 2.38. The number of rotatable bonds is 4. The first kappa shape index (κ1) is 16.0. The summed E-state index contributed by atoms with van der Waals surface area (Å²) in [7, 11) is 0. The molecule has 0 atom stereocenters. The summed E-state index contributed by atoms with van der Waals surface area (Å²) in [5.41, 5.74) is -0.0835. The van der Waals surface area contributed by atoms with E-state index in [0.717, 1.165) is 13.1 Å². The Labute approximate surface area is 129 Å². The zero-order chi connectivity index (χ0) is 15.6. The van der Waals surface area contributed by atoms with Gasteiger partial charge in [0.15, 0.2) is 0 Å². The van der Waals surface area contributed by atoms with Gasteiger partial charge in [0.1, 0.15) is 5.69 Å². The Morgan fingerprint density at radius 2 is 1.95 bits per heavy atom. The van der Waals surface area contributed by atoms with Crippen LogP contribution in [0.15, 0.2) is 18.2 Å². The van der Waals surface area contributed by atoms with E-state index in [1.54, 1.807) is 26.0 Å². The first-order chi connectivity index (χ1) is 9.76. The highest BCUT2D eigenvalue weighted by molar-refractivity contribution is 6.30. The maximum atomic E-state index is 11.1. The summed E-state index contributed by atoms with van der Waals surface area (Å²) in [4.78, 5) is 14.9. The van der Waals surface area contributed by atoms with Crippen molar-refractivity contribution in [2.24, 2.45) is 0 Å². The van der Waals surface area contributed by atoms with E-state index in [1.165, 1.54) is 6.07 Å². The highest BCUT2D eigenvalue weighted by Crippen LogP contribution is 2.31. The zero-order valence-corrected chi connectivity index (χ0v) is 13.0. The number of hydrogen-bond acceptors (Lipinski definition) is 5. The molecule has 1 fully saturated rings. The molecule has 1 aromatic rings. The van der Waals surface area contributed by atoms with Crippen LogP contribution in [0.1, 0.15) is 13.8 Å². The topological polar surface area (TPSA) is 69.8 Å². The van der Waals surface area contributed by atoms with Crippen molar-refractivity contribution in [3.8, 4) is 0 Å². The van der Waals surface area contributed by atoms with Crippen LogP contribution in [0.3, 0.4) is 0 Å². The van der Waals surface area contributed by atoms with Crippen molar-refractivity contribution in [3.63, 3.8) is 0 Å². The summed E-state index contributed by atoms with van der Waals surface area (Å²) in [6.07, 6.45) is 0. The summed E-state index contributed by atoms with van der Waals surface area (Å²) in [5.74, 6) is 0. The molecule has 6 nitrogen and oxygen atoms in total. The van der Waals surface area contributed by atoms with Crippen LogP contribution in [0.5, 0.6) is 0 Å². The van der Waals surface area contributed by atoms with Crippen LogP contribution >= 0.6 is 11.6 Å². The van der Waals surface area contributed by atoms with E-state index >= 15 is 0 Å². The van der Waals surface area contributed by atoms with Crippen LogP contribution in [-0.2, 0) is 0 Å². The first-order valence-electron chi connectivity index (χ1n) is 6.90. The van der Waals surface area contributed by atoms with Crippen molar-refractivity contribution in [2.45, 2.75) is 19.4 Å². The fourth-order valence-electron chi connectivity index (χ4n) is 2.60. The van der Waals surface area contributed by atoms with Gasteiger partial charge in [-0.1, -0.05) is 11.6 Å². The lowest BCUT2D eigenvalue weighted by atomic mass is 10.1. The molecule has 21 heavy (non-hydrogen) atoms. The molecule has 0 spiro atoms. The Kier molecular flexibility index (Phi) is 4.70. The standard InChI is InChI=1S/C14H20ClN3O3/c1-14(2,19)10-16-5-7-17(8-6-16)12-4-3-11(15)9-13(12)18(20)21/h3-4,9,19H,5-8,10H2,1-2H3. The van der Waals surface area contributed by atoms with Gasteiger partial charge < -0.3 is 10.0 Å². The van der Waals surface area contributed by atoms with Gasteiger partial charge in [0.25, 0.3) is 5.69 Å². The molecule has 116 valence electrons. The summed E-state index contributed by atoms with van der Waals surface area (Å²) >= 11 is 5.84. The molecule has 1 aliphatic rings. The van der Waals surface area contributed by atoms with Crippen molar-refractivity contribution in [3.05, 3.63) is 33.3 Å². The minimum Gasteiger partial charge on any atom is -0.389 e. The van der Waals surface area contributed by atoms with Crippen molar-refractivity contribution < 1.29 is 10.0 Å². The number of anilines is 1. The average molecular weight is 314 g/mol. The molecule has 1 aliphatic heterocycles. The number of halogens is 1. The van der Waals surface area contributed by atoms with Gasteiger partial charge in [-0.05, 0) is 26.0 Å². The Morgan fingerprint density at radius 3 is 2.48 bits per heavy atom. The lowest BCUT2D eigenvalue weighted by Crippen LogP contribution is -2.50. The zero-order valence-electron chi connectivity index (χ0n) is 12.3. The Bertz CT molecular complexity index is 523. The molecule has 0 aromatic heterocycles. The van der Waals surface area contributed by atoms with Crippen molar-refractivity contribution >= 4 is 23.0 Å². The van der Waals surface area contributed by atoms with Gasteiger partial charge in [-0.2, -0.15) is 0 Å². The molecule has 0 radical (unpaired) electrons. The van der Waals surface area contributed by atoms with Gasteiger partial charge in [0.05, 0.1) is 10.5 Å². The molecule has 0 saturated carbocycles. The number of nitrogens with zero attached hydrogens (tertiary/aromatic N) is 3. The maximum Gasteiger partial charge on any atom is 0.294 e. The van der Waals surface area contributed by atoms with Gasteiger partial charge in [0, 0.05) is 43.8 Å². The Balaban J connectivity index is 2.07. The van der Waals surface area contributed by atoms with E-state index in [-0.39, 0.29) is 5.69 Å². The summed E-state index contributed by atoms with van der Waals surface area (Å²) in [6.45, 7) is 7.08. The van der Waals surface area contributed by atoms with Crippen molar-refractivity contribution in [1.82, 2.24) is 4.90 Å². The van der Waals surface area contributed by atoms with E-state index in [2.05, 4.69) is 4.90 Å². The largest absolute Gasteiger partial charge is 0.389 e. The smallest absolute Gasteiger partial charge is 0.294 e. The van der Waals surface area contributed by atoms with Gasteiger partial charge in [-0.25, -0.2) is 0 Å². The summed E-state index contributed by atoms with van der Waals surface area (Å²) in [6, 6.07) is 4.76. The normalized spacial score (nSPS) is 17.0. The number of piperazine rings is 1. The third kappa shape index (κ3) is 4.30. The van der Waals surface area contributed by atoms with Crippen LogP contribution in [0.2, 0.25) is 5.02 Å². The quantitative estimate of drug-likeness (QED) is 0.681. The lowest BCUT2D eigenvalue weighted by Gasteiger charge is -2.38. The molecule has 0 amide bonds. The SMILES string of the molecule is CC(C)(O)CN1CCN(c2ccc(Cl)cc2[N+](=O)[O-])CC1. The predicted molar refractivity (Wildman–Crippen MR) is 83.1 cm³/mol. The number of aliphatic hydroxyl groups is 1. The number of benzene rings is 1. The third-order valence-electron chi connectivity index (χ3n) is 3.46. The Morgan fingerprint density at radius 1 is 1.33 bits per heavy atom. The molecule has 1 aromatic carbocycles. The van der Waals surface area contributed by atoms with Gasteiger partial charge in [-0.3, -0.25) is 15.0 Å². The molecule has 2 rings (SSSR count). The first-order valence-corrected chi connectivity index (χ1v) is 7.28. The molecular weight excluding hydrogens is 294 g/mol.